The summed E-state index contributed by atoms with van der Waals surface area (Å²) in [6.45, 7) is 3.50. The first-order valence-electron chi connectivity index (χ1n) is 6.18. The zero-order valence-corrected chi connectivity index (χ0v) is 12.4. The highest BCUT2D eigenvalue weighted by molar-refractivity contribution is 9.10. The molecule has 1 amide bonds. The van der Waals surface area contributed by atoms with Crippen molar-refractivity contribution in [3.8, 4) is 0 Å². The molecule has 100 valence electrons. The number of rotatable bonds is 5. The van der Waals surface area contributed by atoms with Crippen LogP contribution >= 0.6 is 15.9 Å². The highest BCUT2D eigenvalue weighted by Gasteiger charge is 2.04. The smallest absolute Gasteiger partial charge is 0.251 e. The van der Waals surface area contributed by atoms with E-state index in [9.17, 15) is 4.79 Å². The number of hydrogen-bond donors (Lipinski definition) is 1. The molecule has 0 fully saturated rings. The highest BCUT2D eigenvalue weighted by atomic mass is 79.9. The topological polar surface area (TPSA) is 46.9 Å². The number of imidazole rings is 1. The fourth-order valence-corrected chi connectivity index (χ4v) is 2.06. The third kappa shape index (κ3) is 3.92. The molecule has 0 bridgehead atoms. The maximum Gasteiger partial charge on any atom is 0.251 e. The van der Waals surface area contributed by atoms with Gasteiger partial charge in [0.2, 0.25) is 0 Å². The number of aryl methyl sites for hydroxylation is 2. The van der Waals surface area contributed by atoms with Gasteiger partial charge in [0.1, 0.15) is 5.82 Å². The van der Waals surface area contributed by atoms with Crippen molar-refractivity contribution in [3.05, 3.63) is 52.5 Å². The van der Waals surface area contributed by atoms with Gasteiger partial charge in [-0.05, 0) is 37.6 Å². The fraction of sp³-hybridized carbons (Fsp3) is 0.286. The quantitative estimate of drug-likeness (QED) is 0.861. The summed E-state index contributed by atoms with van der Waals surface area (Å²) in [7, 11) is 0. The lowest BCUT2D eigenvalue weighted by atomic mass is 10.2. The van der Waals surface area contributed by atoms with Crippen LogP contribution in [0.1, 0.15) is 22.6 Å². The summed E-state index contributed by atoms with van der Waals surface area (Å²) in [5.41, 5.74) is 0.682. The Bertz CT molecular complexity index is 548. The average molecular weight is 322 g/mol. The number of amides is 1. The van der Waals surface area contributed by atoms with Crippen LogP contribution in [0.25, 0.3) is 0 Å². The SMILES string of the molecule is Cc1nccn1CCCNC(=O)c1ccc(Br)cc1. The maximum absolute atomic E-state index is 11.8. The van der Waals surface area contributed by atoms with Crippen LogP contribution in [0.5, 0.6) is 0 Å². The Morgan fingerprint density at radius 2 is 2.11 bits per heavy atom. The Morgan fingerprint density at radius 3 is 2.74 bits per heavy atom. The van der Waals surface area contributed by atoms with Crippen LogP contribution in [-0.2, 0) is 6.54 Å². The van der Waals surface area contributed by atoms with E-state index in [1.807, 2.05) is 25.3 Å². The van der Waals surface area contributed by atoms with Gasteiger partial charge in [-0.25, -0.2) is 4.98 Å². The Hall–Kier alpha value is -1.62. The molecule has 4 nitrogen and oxygen atoms in total. The molecular formula is C14H16BrN3O. The van der Waals surface area contributed by atoms with Crippen LogP contribution in [0.3, 0.4) is 0 Å². The van der Waals surface area contributed by atoms with Crippen molar-refractivity contribution >= 4 is 21.8 Å². The fourth-order valence-electron chi connectivity index (χ4n) is 1.79. The number of hydrogen-bond acceptors (Lipinski definition) is 2. The number of carbonyl (C=O) groups excluding carboxylic acids is 1. The van der Waals surface area contributed by atoms with Gasteiger partial charge in [-0.3, -0.25) is 4.79 Å². The normalized spacial score (nSPS) is 10.4. The summed E-state index contributed by atoms with van der Waals surface area (Å²) < 4.78 is 3.05. The molecule has 2 rings (SSSR count). The van der Waals surface area contributed by atoms with Crippen LogP contribution in [0.2, 0.25) is 0 Å². The molecule has 1 N–H and O–H groups in total. The van der Waals surface area contributed by atoms with Crippen molar-refractivity contribution in [1.82, 2.24) is 14.9 Å². The summed E-state index contributed by atoms with van der Waals surface area (Å²) in [6.07, 6.45) is 4.63. The van der Waals surface area contributed by atoms with Gasteiger partial charge in [0.15, 0.2) is 0 Å². The molecule has 1 aromatic heterocycles. The lowest BCUT2D eigenvalue weighted by Gasteiger charge is -2.07. The number of benzene rings is 1. The predicted molar refractivity (Wildman–Crippen MR) is 78.1 cm³/mol. The molecule has 0 unspecified atom stereocenters. The van der Waals surface area contributed by atoms with Gasteiger partial charge >= 0.3 is 0 Å². The number of nitrogens with one attached hydrogen (secondary N) is 1. The second-order valence-corrected chi connectivity index (χ2v) is 5.20. The van der Waals surface area contributed by atoms with E-state index in [4.69, 9.17) is 0 Å². The molecule has 0 radical (unpaired) electrons. The Kier molecular flexibility index (Phi) is 4.74. The molecule has 0 saturated heterocycles. The molecule has 0 atom stereocenters. The molecule has 19 heavy (non-hydrogen) atoms. The summed E-state index contributed by atoms with van der Waals surface area (Å²) in [4.78, 5) is 16.0. The second kappa shape index (κ2) is 6.52. The lowest BCUT2D eigenvalue weighted by molar-refractivity contribution is 0.0952. The third-order valence-electron chi connectivity index (χ3n) is 2.89. The zero-order valence-electron chi connectivity index (χ0n) is 10.8. The first kappa shape index (κ1) is 13.8. The molecule has 5 heteroatoms. The van der Waals surface area contributed by atoms with Crippen molar-refractivity contribution in [2.75, 3.05) is 6.54 Å². The van der Waals surface area contributed by atoms with Gasteiger partial charge < -0.3 is 9.88 Å². The largest absolute Gasteiger partial charge is 0.352 e. The zero-order chi connectivity index (χ0) is 13.7. The predicted octanol–water partition coefficient (Wildman–Crippen LogP) is 2.77. The second-order valence-electron chi connectivity index (χ2n) is 4.28. The maximum atomic E-state index is 11.8. The minimum absolute atomic E-state index is 0.0325. The van der Waals surface area contributed by atoms with E-state index in [0.29, 0.717) is 12.1 Å². The average Bonchev–Trinajstić information content (AvgIpc) is 2.81. The van der Waals surface area contributed by atoms with E-state index < -0.39 is 0 Å². The van der Waals surface area contributed by atoms with Crippen molar-refractivity contribution in [3.63, 3.8) is 0 Å². The summed E-state index contributed by atoms with van der Waals surface area (Å²) >= 11 is 3.35. The van der Waals surface area contributed by atoms with Crippen molar-refractivity contribution in [1.29, 1.82) is 0 Å². The van der Waals surface area contributed by atoms with E-state index in [1.54, 1.807) is 18.3 Å². The molecule has 0 aliphatic rings. The van der Waals surface area contributed by atoms with Gasteiger partial charge in [0.25, 0.3) is 5.91 Å². The molecule has 0 aliphatic carbocycles. The molecule has 0 saturated carbocycles. The highest BCUT2D eigenvalue weighted by Crippen LogP contribution is 2.10. The van der Waals surface area contributed by atoms with E-state index in [1.165, 1.54) is 0 Å². The molecule has 1 aromatic carbocycles. The van der Waals surface area contributed by atoms with Crippen LogP contribution < -0.4 is 5.32 Å². The molecular weight excluding hydrogens is 306 g/mol. The van der Waals surface area contributed by atoms with Crippen molar-refractivity contribution in [2.45, 2.75) is 19.9 Å². The monoisotopic (exact) mass is 321 g/mol. The van der Waals surface area contributed by atoms with Crippen molar-refractivity contribution in [2.24, 2.45) is 0 Å². The molecule has 1 heterocycles. The third-order valence-corrected chi connectivity index (χ3v) is 3.42. The summed E-state index contributed by atoms with van der Waals surface area (Å²) in [6, 6.07) is 7.34. The number of nitrogens with zero attached hydrogens (tertiary/aromatic N) is 2. The van der Waals surface area contributed by atoms with Crippen LogP contribution in [-0.4, -0.2) is 22.0 Å². The molecule has 0 spiro atoms. The van der Waals surface area contributed by atoms with Crippen LogP contribution in [0.4, 0.5) is 0 Å². The van der Waals surface area contributed by atoms with Crippen molar-refractivity contribution < 1.29 is 4.79 Å². The van der Waals surface area contributed by atoms with Crippen LogP contribution in [0, 0.1) is 6.92 Å². The first-order chi connectivity index (χ1) is 9.16. The molecule has 2 aromatic rings. The molecule has 0 aliphatic heterocycles. The van der Waals surface area contributed by atoms with Crippen LogP contribution in [0.15, 0.2) is 41.1 Å². The minimum Gasteiger partial charge on any atom is -0.352 e. The first-order valence-corrected chi connectivity index (χ1v) is 6.97. The Balaban J connectivity index is 1.75. The van der Waals surface area contributed by atoms with Gasteiger partial charge in [0, 0.05) is 35.5 Å². The van der Waals surface area contributed by atoms with Gasteiger partial charge in [0.05, 0.1) is 0 Å². The number of carbonyl (C=O) groups is 1. The van der Waals surface area contributed by atoms with E-state index in [2.05, 4.69) is 30.8 Å². The Morgan fingerprint density at radius 1 is 1.37 bits per heavy atom. The standard InChI is InChI=1S/C14H16BrN3O/c1-11-16-8-10-18(11)9-2-7-17-14(19)12-3-5-13(15)6-4-12/h3-6,8,10H,2,7,9H2,1H3,(H,17,19). The Labute approximate surface area is 121 Å². The van der Waals surface area contributed by atoms with Gasteiger partial charge in [-0.2, -0.15) is 0 Å². The minimum atomic E-state index is -0.0325. The van der Waals surface area contributed by atoms with E-state index in [0.717, 1.165) is 23.3 Å². The van der Waals surface area contributed by atoms with E-state index >= 15 is 0 Å². The van der Waals surface area contributed by atoms with Gasteiger partial charge in [-0.15, -0.1) is 0 Å². The summed E-state index contributed by atoms with van der Waals surface area (Å²) in [5.74, 6) is 0.967. The summed E-state index contributed by atoms with van der Waals surface area (Å²) in [5, 5.41) is 2.91. The van der Waals surface area contributed by atoms with Gasteiger partial charge in [-0.1, -0.05) is 15.9 Å². The lowest BCUT2D eigenvalue weighted by Crippen LogP contribution is -2.25. The number of aromatic nitrogens is 2. The number of halogens is 1. The van der Waals surface area contributed by atoms with E-state index in [-0.39, 0.29) is 5.91 Å².